The largest absolute Gasteiger partial charge is 0.481 e. The Hall–Kier alpha value is -1.06. The van der Waals surface area contributed by atoms with Crippen molar-refractivity contribution in [3.63, 3.8) is 0 Å². The highest BCUT2D eigenvalue weighted by Crippen LogP contribution is 2.31. The summed E-state index contributed by atoms with van der Waals surface area (Å²) in [7, 11) is 0. The van der Waals surface area contributed by atoms with Gasteiger partial charge in [-0.25, -0.2) is 0 Å². The van der Waals surface area contributed by atoms with Crippen molar-refractivity contribution in [2.24, 2.45) is 17.8 Å². The van der Waals surface area contributed by atoms with Gasteiger partial charge in [0.2, 0.25) is 0 Å². The van der Waals surface area contributed by atoms with E-state index >= 15 is 0 Å². The van der Waals surface area contributed by atoms with Gasteiger partial charge >= 0.3 is 11.9 Å². The number of hydrogen-bond donors (Lipinski definition) is 1. The summed E-state index contributed by atoms with van der Waals surface area (Å²) in [6.45, 7) is 5.04. The molecule has 0 aliphatic heterocycles. The van der Waals surface area contributed by atoms with Crippen LogP contribution >= 0.6 is 0 Å². The Labute approximate surface area is 172 Å². The molecular formula is C24H44O4. The fourth-order valence-corrected chi connectivity index (χ4v) is 4.23. The van der Waals surface area contributed by atoms with Gasteiger partial charge in [0.05, 0.1) is 18.4 Å². The molecular weight excluding hydrogens is 352 g/mol. The second-order valence-electron chi connectivity index (χ2n) is 9.07. The molecule has 0 radical (unpaired) electrons. The Balaban J connectivity index is 1.90. The second kappa shape index (κ2) is 15.8. The average molecular weight is 397 g/mol. The lowest BCUT2D eigenvalue weighted by Crippen LogP contribution is -2.33. The second-order valence-corrected chi connectivity index (χ2v) is 9.07. The molecule has 0 aromatic heterocycles. The van der Waals surface area contributed by atoms with E-state index in [9.17, 15) is 14.7 Å². The zero-order chi connectivity index (χ0) is 20.6. The van der Waals surface area contributed by atoms with Gasteiger partial charge in [-0.2, -0.15) is 0 Å². The number of carboxylic acids is 1. The minimum absolute atomic E-state index is 0.291. The van der Waals surface area contributed by atoms with Crippen molar-refractivity contribution >= 4 is 11.9 Å². The Morgan fingerprint density at radius 1 is 0.786 bits per heavy atom. The first-order valence-corrected chi connectivity index (χ1v) is 11.9. The minimum atomic E-state index is -0.850. The number of carboxylic acid groups (broad SMARTS) is 1. The summed E-state index contributed by atoms with van der Waals surface area (Å²) in [5, 5.41) is 9.25. The number of carbonyl (C=O) groups excluding carboxylic acids is 1. The Kier molecular flexibility index (Phi) is 14.1. The van der Waals surface area contributed by atoms with Crippen LogP contribution in [0.3, 0.4) is 0 Å². The molecule has 1 rings (SSSR count). The van der Waals surface area contributed by atoms with Gasteiger partial charge < -0.3 is 9.84 Å². The smallest absolute Gasteiger partial charge is 0.309 e. The Bertz CT molecular complexity index is 419. The molecule has 28 heavy (non-hydrogen) atoms. The molecule has 164 valence electrons. The lowest BCUT2D eigenvalue weighted by atomic mass is 9.79. The first kappa shape index (κ1) is 25.0. The molecule has 4 nitrogen and oxygen atoms in total. The van der Waals surface area contributed by atoms with Gasteiger partial charge in [0.1, 0.15) is 0 Å². The molecule has 0 saturated heterocycles. The zero-order valence-corrected chi connectivity index (χ0v) is 18.4. The zero-order valence-electron chi connectivity index (χ0n) is 18.4. The van der Waals surface area contributed by atoms with Gasteiger partial charge in [0.25, 0.3) is 0 Å². The van der Waals surface area contributed by atoms with Crippen LogP contribution in [0.4, 0.5) is 0 Å². The molecule has 1 aliphatic carbocycles. The molecule has 1 fully saturated rings. The van der Waals surface area contributed by atoms with Crippen molar-refractivity contribution in [2.75, 3.05) is 6.61 Å². The third kappa shape index (κ3) is 11.7. The maximum absolute atomic E-state index is 12.2. The van der Waals surface area contributed by atoms with Crippen LogP contribution < -0.4 is 0 Å². The van der Waals surface area contributed by atoms with Gasteiger partial charge in [0, 0.05) is 0 Å². The van der Waals surface area contributed by atoms with Crippen molar-refractivity contribution < 1.29 is 19.4 Å². The van der Waals surface area contributed by atoms with Crippen molar-refractivity contribution in [1.82, 2.24) is 0 Å². The monoisotopic (exact) mass is 396 g/mol. The number of carbonyl (C=O) groups is 2. The fraction of sp³-hybridized carbons (Fsp3) is 0.917. The van der Waals surface area contributed by atoms with Gasteiger partial charge in [-0.15, -0.1) is 0 Å². The van der Waals surface area contributed by atoms with Crippen LogP contribution in [0.1, 0.15) is 117 Å². The molecule has 0 amide bonds. The summed E-state index contributed by atoms with van der Waals surface area (Å²) in [6.07, 6.45) is 18.5. The summed E-state index contributed by atoms with van der Waals surface area (Å²) < 4.78 is 5.37. The summed E-state index contributed by atoms with van der Waals surface area (Å²) in [5.41, 5.74) is 0. The summed E-state index contributed by atoms with van der Waals surface area (Å²) >= 11 is 0. The van der Waals surface area contributed by atoms with E-state index in [0.29, 0.717) is 19.4 Å². The van der Waals surface area contributed by atoms with Crippen molar-refractivity contribution in [3.8, 4) is 0 Å². The number of ether oxygens (including phenoxy) is 1. The van der Waals surface area contributed by atoms with Crippen LogP contribution in [-0.2, 0) is 14.3 Å². The van der Waals surface area contributed by atoms with Gasteiger partial charge in [-0.05, 0) is 25.2 Å². The molecule has 0 aromatic rings. The number of aliphatic carboxylic acids is 1. The molecule has 0 heterocycles. The molecule has 0 spiro atoms. The lowest BCUT2D eigenvalue weighted by Gasteiger charge is -2.26. The number of unbranched alkanes of at least 4 members (excludes halogenated alkanes) is 10. The van der Waals surface area contributed by atoms with Crippen molar-refractivity contribution in [1.29, 1.82) is 0 Å². The van der Waals surface area contributed by atoms with E-state index < -0.39 is 17.8 Å². The van der Waals surface area contributed by atoms with Gasteiger partial charge in [-0.3, -0.25) is 9.59 Å². The van der Waals surface area contributed by atoms with E-state index in [1.165, 1.54) is 64.2 Å². The maximum atomic E-state index is 12.2. The highest BCUT2D eigenvalue weighted by molar-refractivity contribution is 5.81. The van der Waals surface area contributed by atoms with E-state index in [1.54, 1.807) is 0 Å². The predicted molar refractivity (Wildman–Crippen MR) is 114 cm³/mol. The van der Waals surface area contributed by atoms with E-state index in [-0.39, 0.29) is 5.97 Å². The normalized spacial score (nSPS) is 19.7. The first-order chi connectivity index (χ1) is 13.5. The minimum Gasteiger partial charge on any atom is -0.481 e. The van der Waals surface area contributed by atoms with Crippen LogP contribution in [0.2, 0.25) is 0 Å². The number of esters is 1. The van der Waals surface area contributed by atoms with Crippen molar-refractivity contribution in [3.05, 3.63) is 0 Å². The van der Waals surface area contributed by atoms with Crippen LogP contribution in [0, 0.1) is 17.8 Å². The fourth-order valence-electron chi connectivity index (χ4n) is 4.23. The van der Waals surface area contributed by atoms with Crippen LogP contribution in [0.25, 0.3) is 0 Å². The van der Waals surface area contributed by atoms with E-state index in [1.807, 2.05) is 0 Å². The topological polar surface area (TPSA) is 63.6 Å². The first-order valence-electron chi connectivity index (χ1n) is 11.9. The summed E-state index contributed by atoms with van der Waals surface area (Å²) in [5.74, 6) is -1.27. The number of hydrogen-bond acceptors (Lipinski definition) is 3. The molecule has 4 heteroatoms. The summed E-state index contributed by atoms with van der Waals surface area (Å²) in [4.78, 5) is 23.4. The van der Waals surface area contributed by atoms with E-state index in [2.05, 4.69) is 13.8 Å². The Morgan fingerprint density at radius 2 is 1.25 bits per heavy atom. The molecule has 0 bridgehead atoms. The van der Waals surface area contributed by atoms with Crippen LogP contribution in [0.5, 0.6) is 0 Å². The van der Waals surface area contributed by atoms with Gasteiger partial charge in [0.15, 0.2) is 0 Å². The predicted octanol–water partition coefficient (Wildman–Crippen LogP) is 6.76. The highest BCUT2D eigenvalue weighted by Gasteiger charge is 2.36. The third-order valence-electron chi connectivity index (χ3n) is 6.06. The van der Waals surface area contributed by atoms with E-state index in [4.69, 9.17) is 4.74 Å². The molecule has 1 N–H and O–H groups in total. The average Bonchev–Trinajstić information content (AvgIpc) is 2.67. The standard InChI is InChI=1S/C24H44O4/c1-20(2)16-12-10-8-6-4-3-5-7-9-11-15-19-28-24(27)22-18-14-13-17-21(22)23(25)26/h20-22H,3-19H2,1-2H3,(H,25,26). The van der Waals surface area contributed by atoms with Crippen molar-refractivity contribution in [2.45, 2.75) is 117 Å². The lowest BCUT2D eigenvalue weighted by molar-refractivity contribution is -0.159. The SMILES string of the molecule is CC(C)CCCCCCCCCCCCCOC(=O)C1CCCCC1C(=O)O. The van der Waals surface area contributed by atoms with Crippen LogP contribution in [0.15, 0.2) is 0 Å². The maximum Gasteiger partial charge on any atom is 0.309 e. The van der Waals surface area contributed by atoms with Gasteiger partial charge in [-0.1, -0.05) is 97.3 Å². The molecule has 2 unspecified atom stereocenters. The van der Waals surface area contributed by atoms with E-state index in [0.717, 1.165) is 31.6 Å². The number of rotatable bonds is 16. The Morgan fingerprint density at radius 3 is 1.75 bits per heavy atom. The third-order valence-corrected chi connectivity index (χ3v) is 6.06. The molecule has 1 aliphatic rings. The quantitative estimate of drug-likeness (QED) is 0.231. The molecule has 2 atom stereocenters. The highest BCUT2D eigenvalue weighted by atomic mass is 16.5. The molecule has 1 saturated carbocycles. The summed E-state index contributed by atoms with van der Waals surface area (Å²) in [6, 6.07) is 0. The van der Waals surface area contributed by atoms with Crippen LogP contribution in [-0.4, -0.2) is 23.7 Å². The molecule has 0 aromatic carbocycles.